The fourth-order valence-electron chi connectivity index (χ4n) is 1.82. The Labute approximate surface area is 107 Å². The van der Waals surface area contributed by atoms with Crippen LogP contribution in [-0.2, 0) is 0 Å². The summed E-state index contributed by atoms with van der Waals surface area (Å²) in [5.74, 6) is 0. The van der Waals surface area contributed by atoms with Gasteiger partial charge >= 0.3 is 0 Å². The zero-order chi connectivity index (χ0) is 11.7. The standard InChI is InChI=1S/C14H10BrNO/c15-10-3-1-4-11(9-10)16-13-5-2-6-14-12(13)7-8-17-14/h1-9,16H. The second-order valence-electron chi connectivity index (χ2n) is 3.77. The Balaban J connectivity index is 2.02. The second kappa shape index (κ2) is 4.26. The predicted molar refractivity (Wildman–Crippen MR) is 73.6 cm³/mol. The molecular formula is C14H10BrNO. The van der Waals surface area contributed by atoms with Gasteiger partial charge in [-0.15, -0.1) is 0 Å². The summed E-state index contributed by atoms with van der Waals surface area (Å²) in [6.45, 7) is 0. The van der Waals surface area contributed by atoms with Gasteiger partial charge in [-0.05, 0) is 36.4 Å². The van der Waals surface area contributed by atoms with Crippen LogP contribution in [0, 0.1) is 0 Å². The van der Waals surface area contributed by atoms with Crippen LogP contribution >= 0.6 is 15.9 Å². The number of hydrogen-bond acceptors (Lipinski definition) is 2. The Morgan fingerprint density at radius 2 is 1.88 bits per heavy atom. The van der Waals surface area contributed by atoms with E-state index in [0.717, 1.165) is 26.8 Å². The van der Waals surface area contributed by atoms with Crippen molar-refractivity contribution in [1.29, 1.82) is 0 Å². The lowest BCUT2D eigenvalue weighted by atomic mass is 10.2. The molecule has 84 valence electrons. The van der Waals surface area contributed by atoms with Gasteiger partial charge in [-0.2, -0.15) is 0 Å². The van der Waals surface area contributed by atoms with E-state index < -0.39 is 0 Å². The van der Waals surface area contributed by atoms with Gasteiger partial charge in [-0.1, -0.05) is 28.1 Å². The molecule has 0 bridgehead atoms. The molecular weight excluding hydrogens is 278 g/mol. The maximum Gasteiger partial charge on any atom is 0.135 e. The molecule has 0 radical (unpaired) electrons. The third-order valence-electron chi connectivity index (χ3n) is 2.60. The normalized spacial score (nSPS) is 10.6. The van der Waals surface area contributed by atoms with Crippen molar-refractivity contribution in [3.8, 4) is 0 Å². The number of anilines is 2. The van der Waals surface area contributed by atoms with Crippen LogP contribution in [0.5, 0.6) is 0 Å². The summed E-state index contributed by atoms with van der Waals surface area (Å²) >= 11 is 3.46. The van der Waals surface area contributed by atoms with Gasteiger partial charge in [0.15, 0.2) is 0 Å². The minimum atomic E-state index is 0.894. The predicted octanol–water partition coefficient (Wildman–Crippen LogP) is 4.94. The Kier molecular flexibility index (Phi) is 2.61. The van der Waals surface area contributed by atoms with Crippen molar-refractivity contribution in [2.45, 2.75) is 0 Å². The summed E-state index contributed by atoms with van der Waals surface area (Å²) in [6.07, 6.45) is 1.71. The molecule has 3 heteroatoms. The van der Waals surface area contributed by atoms with Crippen molar-refractivity contribution in [3.05, 3.63) is 59.3 Å². The third-order valence-corrected chi connectivity index (χ3v) is 3.09. The number of fused-ring (bicyclic) bond motifs is 1. The fraction of sp³-hybridized carbons (Fsp3) is 0. The van der Waals surface area contributed by atoms with Crippen molar-refractivity contribution in [3.63, 3.8) is 0 Å². The molecule has 0 atom stereocenters. The first-order valence-corrected chi connectivity index (χ1v) is 6.11. The van der Waals surface area contributed by atoms with Crippen molar-refractivity contribution >= 4 is 38.3 Å². The van der Waals surface area contributed by atoms with Gasteiger partial charge in [-0.25, -0.2) is 0 Å². The molecule has 0 aliphatic carbocycles. The molecule has 0 unspecified atom stereocenters. The van der Waals surface area contributed by atoms with Crippen molar-refractivity contribution in [2.24, 2.45) is 0 Å². The molecule has 0 saturated heterocycles. The summed E-state index contributed by atoms with van der Waals surface area (Å²) in [5.41, 5.74) is 2.99. The van der Waals surface area contributed by atoms with E-state index in [2.05, 4.69) is 21.2 Å². The molecule has 0 fully saturated rings. The summed E-state index contributed by atoms with van der Waals surface area (Å²) in [7, 11) is 0. The maximum atomic E-state index is 5.37. The molecule has 17 heavy (non-hydrogen) atoms. The van der Waals surface area contributed by atoms with Crippen molar-refractivity contribution < 1.29 is 4.42 Å². The zero-order valence-corrected chi connectivity index (χ0v) is 10.6. The van der Waals surface area contributed by atoms with Gasteiger partial charge < -0.3 is 9.73 Å². The van der Waals surface area contributed by atoms with E-state index in [1.165, 1.54) is 0 Å². The lowest BCUT2D eigenvalue weighted by molar-refractivity contribution is 0.616. The van der Waals surface area contributed by atoms with Gasteiger partial charge in [0, 0.05) is 21.2 Å². The lowest BCUT2D eigenvalue weighted by Crippen LogP contribution is -1.89. The molecule has 0 saturated carbocycles. The maximum absolute atomic E-state index is 5.37. The molecule has 0 aliphatic heterocycles. The minimum absolute atomic E-state index is 0.894. The van der Waals surface area contributed by atoms with Crippen LogP contribution in [0.1, 0.15) is 0 Å². The molecule has 0 aliphatic rings. The topological polar surface area (TPSA) is 25.2 Å². The molecule has 3 aromatic rings. The van der Waals surface area contributed by atoms with Crippen LogP contribution < -0.4 is 5.32 Å². The van der Waals surface area contributed by atoms with Crippen LogP contribution in [0.4, 0.5) is 11.4 Å². The van der Waals surface area contributed by atoms with E-state index in [0.29, 0.717) is 0 Å². The number of nitrogens with one attached hydrogen (secondary N) is 1. The minimum Gasteiger partial charge on any atom is -0.464 e. The van der Waals surface area contributed by atoms with Gasteiger partial charge in [0.2, 0.25) is 0 Å². The largest absolute Gasteiger partial charge is 0.464 e. The van der Waals surface area contributed by atoms with Crippen LogP contribution in [0.3, 0.4) is 0 Å². The fourth-order valence-corrected chi connectivity index (χ4v) is 2.22. The first-order valence-electron chi connectivity index (χ1n) is 5.32. The van der Waals surface area contributed by atoms with E-state index in [4.69, 9.17) is 4.42 Å². The third kappa shape index (κ3) is 2.06. The quantitative estimate of drug-likeness (QED) is 0.722. The molecule has 0 amide bonds. The Hall–Kier alpha value is -1.74. The molecule has 3 rings (SSSR count). The van der Waals surface area contributed by atoms with E-state index in [-0.39, 0.29) is 0 Å². The second-order valence-corrected chi connectivity index (χ2v) is 4.69. The smallest absolute Gasteiger partial charge is 0.135 e. The van der Waals surface area contributed by atoms with Crippen LogP contribution in [-0.4, -0.2) is 0 Å². The van der Waals surface area contributed by atoms with E-state index in [1.54, 1.807) is 6.26 Å². The van der Waals surface area contributed by atoms with E-state index in [1.807, 2.05) is 48.5 Å². The highest BCUT2D eigenvalue weighted by Crippen LogP contribution is 2.28. The van der Waals surface area contributed by atoms with Crippen LogP contribution in [0.2, 0.25) is 0 Å². The lowest BCUT2D eigenvalue weighted by Gasteiger charge is -2.07. The highest BCUT2D eigenvalue weighted by molar-refractivity contribution is 9.10. The molecule has 1 aromatic heterocycles. The first-order chi connectivity index (χ1) is 8.33. The highest BCUT2D eigenvalue weighted by atomic mass is 79.9. The zero-order valence-electron chi connectivity index (χ0n) is 8.98. The van der Waals surface area contributed by atoms with Gasteiger partial charge in [0.25, 0.3) is 0 Å². The van der Waals surface area contributed by atoms with Gasteiger partial charge in [-0.3, -0.25) is 0 Å². The molecule has 1 N–H and O–H groups in total. The number of benzene rings is 2. The van der Waals surface area contributed by atoms with E-state index in [9.17, 15) is 0 Å². The van der Waals surface area contributed by atoms with Crippen LogP contribution in [0.25, 0.3) is 11.0 Å². The van der Waals surface area contributed by atoms with Crippen molar-refractivity contribution in [1.82, 2.24) is 0 Å². The Morgan fingerprint density at radius 1 is 1.00 bits per heavy atom. The summed E-state index contributed by atoms with van der Waals surface area (Å²) < 4.78 is 6.43. The van der Waals surface area contributed by atoms with Gasteiger partial charge in [0.05, 0.1) is 6.26 Å². The highest BCUT2D eigenvalue weighted by Gasteiger charge is 2.03. The van der Waals surface area contributed by atoms with Crippen molar-refractivity contribution in [2.75, 3.05) is 5.32 Å². The number of furan rings is 1. The van der Waals surface area contributed by atoms with Gasteiger partial charge in [0.1, 0.15) is 5.58 Å². The average molecular weight is 288 g/mol. The Bertz CT molecular complexity index is 660. The molecule has 2 nitrogen and oxygen atoms in total. The number of halogens is 1. The SMILES string of the molecule is Brc1cccc(Nc2cccc3occc23)c1. The number of rotatable bonds is 2. The monoisotopic (exact) mass is 287 g/mol. The van der Waals surface area contributed by atoms with E-state index >= 15 is 0 Å². The molecule has 1 heterocycles. The summed E-state index contributed by atoms with van der Waals surface area (Å²) in [4.78, 5) is 0. The molecule has 0 spiro atoms. The Morgan fingerprint density at radius 3 is 2.76 bits per heavy atom. The van der Waals surface area contributed by atoms with Crippen LogP contribution in [0.15, 0.2) is 63.7 Å². The number of hydrogen-bond donors (Lipinski definition) is 1. The first kappa shape index (κ1) is 10.4. The summed E-state index contributed by atoms with van der Waals surface area (Å²) in [5, 5.41) is 4.47. The molecule has 2 aromatic carbocycles. The summed E-state index contributed by atoms with van der Waals surface area (Å²) in [6, 6.07) is 16.0. The average Bonchev–Trinajstić information content (AvgIpc) is 2.78.